The minimum absolute atomic E-state index is 0.740. The molecule has 0 aliphatic rings. The van der Waals surface area contributed by atoms with Crippen LogP contribution in [0.5, 0.6) is 0 Å². The molecule has 0 bridgehead atoms. The molecule has 0 saturated heterocycles. The monoisotopic (exact) mass is 1020 g/mol. The lowest BCUT2D eigenvalue weighted by atomic mass is 9.95. The predicted molar refractivity (Wildman–Crippen MR) is 335 cm³/mol. The molecule has 3 aromatic carbocycles. The molecular formula is C72H123P. The maximum Gasteiger partial charge on any atom is -0.0116 e. The molecule has 0 unspecified atom stereocenters. The molecule has 0 fully saturated rings. The van der Waals surface area contributed by atoms with Gasteiger partial charge < -0.3 is 0 Å². The van der Waals surface area contributed by atoms with Gasteiger partial charge in [-0.1, -0.05) is 327 Å². The zero-order valence-corrected chi connectivity index (χ0v) is 51.0. The van der Waals surface area contributed by atoms with Crippen molar-refractivity contribution in [1.82, 2.24) is 0 Å². The lowest BCUT2D eigenvalue weighted by molar-refractivity contribution is 0.583. The minimum Gasteiger partial charge on any atom is -0.0654 e. The Balaban J connectivity index is 2.25. The standard InChI is InChI=1S/C72H123P/c1-7-13-19-25-31-37-43-52-64-55-49-61-70(67(64)58-46-40-34-28-22-16-10-4)73(71-62-50-56-65(53-44-38-32-26-20-14-8-2)68(71)59-47-41-35-29-23-17-11-5)72-63-51-57-66(54-45-39-33-27-21-15-9-3)69(72)60-48-42-36-30-24-18-12-6/h49-51,55-57,61-63H,7-48,52-54,58-60H2,1-6H3. The number of hydrogen-bond acceptors (Lipinski definition) is 0. The summed E-state index contributed by atoms with van der Waals surface area (Å²) in [5.74, 6) is 0. The van der Waals surface area contributed by atoms with Crippen LogP contribution in [0, 0.1) is 0 Å². The normalized spacial score (nSPS) is 11.7. The summed E-state index contributed by atoms with van der Waals surface area (Å²) in [6.07, 6.45) is 65.6. The van der Waals surface area contributed by atoms with Gasteiger partial charge in [-0.2, -0.15) is 0 Å². The molecular weight excluding hydrogens is 896 g/mol. The van der Waals surface area contributed by atoms with Gasteiger partial charge in [0.2, 0.25) is 0 Å². The van der Waals surface area contributed by atoms with Gasteiger partial charge >= 0.3 is 0 Å². The van der Waals surface area contributed by atoms with Gasteiger partial charge in [-0.15, -0.1) is 0 Å². The quantitative estimate of drug-likeness (QED) is 0.0390. The summed E-state index contributed by atoms with van der Waals surface area (Å²) in [7, 11) is -0.740. The fourth-order valence-electron chi connectivity index (χ4n) is 12.0. The van der Waals surface area contributed by atoms with E-state index < -0.39 is 7.92 Å². The smallest absolute Gasteiger partial charge is 0.0116 e. The molecule has 0 amide bonds. The predicted octanol–water partition coefficient (Wildman–Crippen LogP) is 23.2. The summed E-state index contributed by atoms with van der Waals surface area (Å²) < 4.78 is 0. The highest BCUT2D eigenvalue weighted by atomic mass is 31.1. The molecule has 0 radical (unpaired) electrons. The third-order valence-electron chi connectivity index (χ3n) is 16.7. The summed E-state index contributed by atoms with van der Waals surface area (Å²) in [6, 6.07) is 23.5. The fourth-order valence-corrected chi connectivity index (χ4v) is 15.1. The SMILES string of the molecule is CCCCCCCCCc1cccc(P(c2cccc(CCCCCCCCC)c2CCCCCCCCC)c2cccc(CCCCCCCCC)c2CCCCCCCCC)c1CCCCCCCCC. The molecule has 0 N–H and O–H groups in total. The van der Waals surface area contributed by atoms with Crippen molar-refractivity contribution in [1.29, 1.82) is 0 Å². The van der Waals surface area contributed by atoms with E-state index >= 15 is 0 Å². The topological polar surface area (TPSA) is 0 Å². The lowest BCUT2D eigenvalue weighted by Gasteiger charge is -2.30. The molecule has 0 aliphatic carbocycles. The Bertz CT molecular complexity index is 1500. The van der Waals surface area contributed by atoms with E-state index in [2.05, 4.69) is 96.1 Å². The van der Waals surface area contributed by atoms with Crippen molar-refractivity contribution in [2.75, 3.05) is 0 Å². The second-order valence-electron chi connectivity index (χ2n) is 23.3. The van der Waals surface area contributed by atoms with Crippen molar-refractivity contribution in [3.63, 3.8) is 0 Å². The van der Waals surface area contributed by atoms with Crippen LogP contribution in [-0.2, 0) is 38.5 Å². The Morgan fingerprint density at radius 2 is 0.384 bits per heavy atom. The molecule has 416 valence electrons. The molecule has 0 nitrogen and oxygen atoms in total. The molecule has 73 heavy (non-hydrogen) atoms. The first-order valence-corrected chi connectivity index (χ1v) is 34.6. The zero-order chi connectivity index (χ0) is 52.1. The Morgan fingerprint density at radius 3 is 0.589 bits per heavy atom. The van der Waals surface area contributed by atoms with Crippen molar-refractivity contribution >= 4 is 23.8 Å². The van der Waals surface area contributed by atoms with Crippen LogP contribution >= 0.6 is 7.92 Å². The molecule has 3 rings (SSSR count). The average molecular weight is 1020 g/mol. The number of hydrogen-bond donors (Lipinski definition) is 0. The average Bonchev–Trinajstić information content (AvgIpc) is 3.40. The second kappa shape index (κ2) is 46.2. The van der Waals surface area contributed by atoms with Gasteiger partial charge in [0.15, 0.2) is 0 Å². The Kier molecular flexibility index (Phi) is 41.4. The highest BCUT2D eigenvalue weighted by Crippen LogP contribution is 2.41. The van der Waals surface area contributed by atoms with Crippen LogP contribution in [0.25, 0.3) is 0 Å². The summed E-state index contributed by atoms with van der Waals surface area (Å²) in [4.78, 5) is 0. The van der Waals surface area contributed by atoms with E-state index in [4.69, 9.17) is 0 Å². The molecule has 1 heteroatoms. The summed E-state index contributed by atoms with van der Waals surface area (Å²) in [6.45, 7) is 14.1. The molecule has 0 spiro atoms. The summed E-state index contributed by atoms with van der Waals surface area (Å²) in [5.41, 5.74) is 10.4. The number of benzene rings is 3. The Hall–Kier alpha value is -1.91. The van der Waals surface area contributed by atoms with Crippen LogP contribution in [-0.4, -0.2) is 0 Å². The highest BCUT2D eigenvalue weighted by Gasteiger charge is 2.27. The van der Waals surface area contributed by atoms with Crippen LogP contribution in [0.4, 0.5) is 0 Å². The maximum atomic E-state index is 2.69. The number of aryl methyl sites for hydroxylation is 3. The second-order valence-corrected chi connectivity index (χ2v) is 25.4. The van der Waals surface area contributed by atoms with Gasteiger partial charge in [0.25, 0.3) is 0 Å². The van der Waals surface area contributed by atoms with Crippen molar-refractivity contribution in [2.24, 2.45) is 0 Å². The lowest BCUT2D eigenvalue weighted by Crippen LogP contribution is -2.30. The van der Waals surface area contributed by atoms with Gasteiger partial charge in [0.1, 0.15) is 0 Å². The zero-order valence-electron chi connectivity index (χ0n) is 50.1. The summed E-state index contributed by atoms with van der Waals surface area (Å²) >= 11 is 0. The van der Waals surface area contributed by atoms with E-state index in [1.54, 1.807) is 49.3 Å². The van der Waals surface area contributed by atoms with Gasteiger partial charge in [0, 0.05) is 0 Å². The van der Waals surface area contributed by atoms with Crippen LogP contribution in [0.2, 0.25) is 0 Å². The molecule has 3 aromatic rings. The molecule has 0 heterocycles. The van der Waals surface area contributed by atoms with Crippen molar-refractivity contribution in [3.8, 4) is 0 Å². The van der Waals surface area contributed by atoms with Gasteiger partial charge in [-0.25, -0.2) is 0 Å². The minimum atomic E-state index is -0.740. The highest BCUT2D eigenvalue weighted by molar-refractivity contribution is 7.80. The first-order chi connectivity index (χ1) is 36.1. The van der Waals surface area contributed by atoms with E-state index in [-0.39, 0.29) is 0 Å². The maximum absolute atomic E-state index is 2.69. The third-order valence-corrected chi connectivity index (χ3v) is 19.4. The van der Waals surface area contributed by atoms with Crippen molar-refractivity contribution < 1.29 is 0 Å². The first kappa shape index (κ1) is 65.4. The number of unbranched alkanes of at least 4 members (excludes halogenated alkanes) is 36. The van der Waals surface area contributed by atoms with E-state index in [0.29, 0.717) is 0 Å². The van der Waals surface area contributed by atoms with Crippen LogP contribution in [0.15, 0.2) is 54.6 Å². The molecule has 0 aromatic heterocycles. The van der Waals surface area contributed by atoms with E-state index in [0.717, 1.165) is 0 Å². The van der Waals surface area contributed by atoms with E-state index in [9.17, 15) is 0 Å². The first-order valence-electron chi connectivity index (χ1n) is 33.3. The van der Waals surface area contributed by atoms with Crippen molar-refractivity contribution in [2.45, 2.75) is 350 Å². The van der Waals surface area contributed by atoms with E-state index in [1.807, 2.05) is 0 Å². The van der Waals surface area contributed by atoms with E-state index in [1.165, 1.54) is 308 Å². The van der Waals surface area contributed by atoms with Crippen LogP contribution < -0.4 is 15.9 Å². The number of rotatable bonds is 51. The van der Waals surface area contributed by atoms with Crippen LogP contribution in [0.1, 0.15) is 345 Å². The molecule has 0 atom stereocenters. The largest absolute Gasteiger partial charge is 0.0654 e. The Morgan fingerprint density at radius 1 is 0.205 bits per heavy atom. The van der Waals surface area contributed by atoms with Crippen LogP contribution in [0.3, 0.4) is 0 Å². The molecule has 0 saturated carbocycles. The molecule has 0 aliphatic heterocycles. The van der Waals surface area contributed by atoms with Gasteiger partial charge in [0.05, 0.1) is 0 Å². The van der Waals surface area contributed by atoms with Gasteiger partial charge in [-0.3, -0.25) is 0 Å². The Labute approximate surface area is 459 Å². The fraction of sp³-hybridized carbons (Fsp3) is 0.750. The van der Waals surface area contributed by atoms with Gasteiger partial charge in [-0.05, 0) is 134 Å². The third kappa shape index (κ3) is 28.9. The van der Waals surface area contributed by atoms with Crippen molar-refractivity contribution in [3.05, 3.63) is 88.0 Å². The summed E-state index contributed by atoms with van der Waals surface area (Å²) in [5, 5.41) is 5.22.